The van der Waals surface area contributed by atoms with Crippen LogP contribution in [0.15, 0.2) is 54.1 Å². The number of hydrogen-bond donors (Lipinski definition) is 2. The monoisotopic (exact) mass is 699 g/mol. The number of fused-ring (bicyclic) bond motifs is 1. The molecule has 1 aliphatic carbocycles. The van der Waals surface area contributed by atoms with E-state index in [0.717, 1.165) is 41.1 Å². The van der Waals surface area contributed by atoms with Crippen LogP contribution in [-0.2, 0) is 20.9 Å². The maximum atomic E-state index is 14.5. The summed E-state index contributed by atoms with van der Waals surface area (Å²) in [5.41, 5.74) is 3.15. The second kappa shape index (κ2) is 16.5. The highest BCUT2D eigenvalue weighted by molar-refractivity contribution is 6.03. The highest BCUT2D eigenvalue weighted by Crippen LogP contribution is 2.36. The minimum absolute atomic E-state index is 0. The first-order chi connectivity index (χ1) is 24.6. The fraction of sp³-hybridized carbons (Fsp3) is 0.571. The van der Waals surface area contributed by atoms with Gasteiger partial charge in [-0.15, -0.1) is 0 Å². The molecule has 51 heavy (non-hydrogen) atoms. The van der Waals surface area contributed by atoms with Crippen LogP contribution in [-0.4, -0.2) is 76.2 Å². The summed E-state index contributed by atoms with van der Waals surface area (Å²) in [4.78, 5) is 61.1. The van der Waals surface area contributed by atoms with E-state index in [0.29, 0.717) is 63.5 Å². The summed E-state index contributed by atoms with van der Waals surface area (Å²) in [6, 6.07) is 15.7. The Balaban J connectivity index is 0.00000314. The summed E-state index contributed by atoms with van der Waals surface area (Å²) in [6.07, 6.45) is 13.4. The Kier molecular flexibility index (Phi) is 11.8. The van der Waals surface area contributed by atoms with Gasteiger partial charge in [0.1, 0.15) is 5.54 Å². The van der Waals surface area contributed by atoms with E-state index in [1.165, 1.54) is 38.5 Å². The van der Waals surface area contributed by atoms with Crippen LogP contribution in [0.25, 0.3) is 6.08 Å². The molecule has 278 valence electrons. The van der Waals surface area contributed by atoms with Gasteiger partial charge in [-0.05, 0) is 86.6 Å². The van der Waals surface area contributed by atoms with Gasteiger partial charge in [0.2, 0.25) is 17.7 Å². The van der Waals surface area contributed by atoms with Crippen LogP contribution in [0.3, 0.4) is 0 Å². The minimum Gasteiger partial charge on any atom is -0.342 e. The predicted molar refractivity (Wildman–Crippen MR) is 206 cm³/mol. The van der Waals surface area contributed by atoms with Gasteiger partial charge in [-0.1, -0.05) is 87.9 Å². The summed E-state index contributed by atoms with van der Waals surface area (Å²) < 4.78 is 0. The second-order valence-corrected chi connectivity index (χ2v) is 15.6. The maximum absolute atomic E-state index is 14.5. The highest BCUT2D eigenvalue weighted by Gasteiger charge is 2.43. The van der Waals surface area contributed by atoms with Crippen LogP contribution in [0.5, 0.6) is 0 Å². The van der Waals surface area contributed by atoms with Crippen molar-refractivity contribution < 1.29 is 22.0 Å². The van der Waals surface area contributed by atoms with E-state index in [4.69, 9.17) is 0 Å². The van der Waals surface area contributed by atoms with E-state index in [9.17, 15) is 19.2 Å². The number of amides is 5. The van der Waals surface area contributed by atoms with Crippen molar-refractivity contribution in [3.05, 3.63) is 70.8 Å². The number of nitrogens with zero attached hydrogens (tertiary/aromatic N) is 3. The molecule has 9 heteroatoms. The largest absolute Gasteiger partial charge is 0.342 e. The van der Waals surface area contributed by atoms with E-state index in [2.05, 4.69) is 10.6 Å². The lowest BCUT2D eigenvalue weighted by Crippen LogP contribution is -2.61. The zero-order valence-corrected chi connectivity index (χ0v) is 30.9. The average Bonchev–Trinajstić information content (AvgIpc) is 3.44. The van der Waals surface area contributed by atoms with Crippen molar-refractivity contribution in [3.8, 4) is 0 Å². The number of benzene rings is 2. The van der Waals surface area contributed by atoms with Crippen LogP contribution < -0.4 is 10.6 Å². The predicted octanol–water partition coefficient (Wildman–Crippen LogP) is 7.79. The van der Waals surface area contributed by atoms with Gasteiger partial charge >= 0.3 is 6.03 Å². The number of carbonyl (C=O) groups is 4. The smallest absolute Gasteiger partial charge is 0.322 e. The molecule has 3 fully saturated rings. The molecule has 0 unspecified atom stereocenters. The van der Waals surface area contributed by atoms with Crippen LogP contribution in [0.2, 0.25) is 0 Å². The van der Waals surface area contributed by atoms with Crippen molar-refractivity contribution in [2.75, 3.05) is 31.5 Å². The Labute approximate surface area is 307 Å². The molecular formula is C42H61N5O4. The van der Waals surface area contributed by atoms with E-state index in [-0.39, 0.29) is 39.1 Å². The SMILES string of the molecule is CC/C(=C\c1ccccc1C)C(=O)N[C@@](C)(CC(=O)N1CCC(N2Cc3ccccc3NC2=O)CC1)C(=O)N1CCC(C2CCCCCC2)CC1.[HH].[HH]. The van der Waals surface area contributed by atoms with Gasteiger partial charge in [0.15, 0.2) is 0 Å². The molecule has 0 spiro atoms. The Morgan fingerprint density at radius 3 is 2.18 bits per heavy atom. The summed E-state index contributed by atoms with van der Waals surface area (Å²) in [7, 11) is 0. The lowest BCUT2D eigenvalue weighted by Gasteiger charge is -2.42. The standard InChI is InChI=1S/C42H57N5O4.2H2/c1-4-31(27-34-16-10-9-13-30(34)2)39(49)44-42(3,40(50)46-23-19-33(20-24-46)32-14-7-5-6-8-15-32)28-38(48)45-25-21-36(22-26-45)47-29-35-17-11-12-18-37(35)43-41(47)51;;/h9-13,16-18,27,32-33,36H,4-8,14-15,19-26,28-29H2,1-3H3,(H,43,51)(H,44,49);2*1H/b31-27+;;/t42-;;/m0../s1. The number of aryl methyl sites for hydroxylation is 1. The number of urea groups is 1. The quantitative estimate of drug-likeness (QED) is 0.206. The lowest BCUT2D eigenvalue weighted by molar-refractivity contribution is -0.147. The van der Waals surface area contributed by atoms with E-state index in [1.54, 1.807) is 6.92 Å². The summed E-state index contributed by atoms with van der Waals surface area (Å²) in [5.74, 6) is 0.744. The molecule has 0 aromatic heterocycles. The Morgan fingerprint density at radius 2 is 1.49 bits per heavy atom. The van der Waals surface area contributed by atoms with Crippen molar-refractivity contribution in [2.24, 2.45) is 11.8 Å². The number of carbonyl (C=O) groups excluding carboxylic acids is 4. The van der Waals surface area contributed by atoms with Gasteiger partial charge < -0.3 is 25.3 Å². The molecule has 1 atom stereocenters. The first kappa shape index (κ1) is 36.6. The number of rotatable bonds is 9. The van der Waals surface area contributed by atoms with E-state index < -0.39 is 5.54 Å². The normalized spacial score (nSPS) is 21.0. The van der Waals surface area contributed by atoms with Gasteiger partial charge in [0.05, 0.1) is 6.42 Å². The maximum Gasteiger partial charge on any atom is 0.322 e. The van der Waals surface area contributed by atoms with Gasteiger partial charge in [-0.2, -0.15) is 0 Å². The van der Waals surface area contributed by atoms with Gasteiger partial charge in [0.25, 0.3) is 0 Å². The van der Waals surface area contributed by atoms with E-state index >= 15 is 0 Å². The summed E-state index contributed by atoms with van der Waals surface area (Å²) in [5, 5.41) is 6.11. The zero-order chi connectivity index (χ0) is 36.0. The third-order valence-corrected chi connectivity index (χ3v) is 12.1. The van der Waals surface area contributed by atoms with Crippen LogP contribution >= 0.6 is 0 Å². The molecule has 0 bridgehead atoms. The van der Waals surface area contributed by atoms with Gasteiger partial charge in [-0.3, -0.25) is 14.4 Å². The minimum atomic E-state index is -1.39. The Bertz CT molecular complexity index is 1610. The molecule has 4 aliphatic rings. The van der Waals surface area contributed by atoms with E-state index in [1.807, 2.05) is 83.2 Å². The van der Waals surface area contributed by atoms with Gasteiger partial charge in [-0.25, -0.2) is 4.79 Å². The van der Waals surface area contributed by atoms with Crippen molar-refractivity contribution in [2.45, 2.75) is 116 Å². The molecule has 6 rings (SSSR count). The number of piperidine rings is 2. The Hall–Kier alpha value is -4.14. The number of likely N-dealkylation sites (tertiary alicyclic amines) is 2. The number of hydrogen-bond acceptors (Lipinski definition) is 4. The third kappa shape index (κ3) is 8.67. The molecule has 2 saturated heterocycles. The molecule has 1 saturated carbocycles. The molecule has 2 aromatic carbocycles. The topological polar surface area (TPSA) is 102 Å². The molecule has 3 heterocycles. The first-order valence-electron chi connectivity index (χ1n) is 19.5. The second-order valence-electron chi connectivity index (χ2n) is 15.6. The fourth-order valence-corrected chi connectivity index (χ4v) is 8.83. The van der Waals surface area contributed by atoms with Gasteiger partial charge in [0, 0.05) is 52.9 Å². The fourth-order valence-electron chi connectivity index (χ4n) is 8.83. The van der Waals surface area contributed by atoms with Crippen molar-refractivity contribution in [3.63, 3.8) is 0 Å². The molecule has 0 radical (unpaired) electrons. The molecule has 2 N–H and O–H groups in total. The Morgan fingerprint density at radius 1 is 0.863 bits per heavy atom. The molecule has 9 nitrogen and oxygen atoms in total. The summed E-state index contributed by atoms with van der Waals surface area (Å²) >= 11 is 0. The van der Waals surface area contributed by atoms with Crippen LogP contribution in [0, 0.1) is 18.8 Å². The van der Waals surface area contributed by atoms with Crippen LogP contribution in [0.1, 0.15) is 110 Å². The van der Waals surface area contributed by atoms with Crippen molar-refractivity contribution in [1.29, 1.82) is 0 Å². The third-order valence-electron chi connectivity index (χ3n) is 12.1. The van der Waals surface area contributed by atoms with Crippen LogP contribution in [0.4, 0.5) is 10.5 Å². The molecule has 3 aliphatic heterocycles. The molecule has 2 aromatic rings. The lowest BCUT2D eigenvalue weighted by atomic mass is 9.79. The van der Waals surface area contributed by atoms with Crippen molar-refractivity contribution in [1.82, 2.24) is 20.0 Å². The number of anilines is 1. The number of para-hydroxylation sites is 1. The molecular weight excluding hydrogens is 638 g/mol. The average molecular weight is 700 g/mol. The van der Waals surface area contributed by atoms with Crippen molar-refractivity contribution >= 4 is 35.5 Å². The number of nitrogens with one attached hydrogen (secondary N) is 2. The zero-order valence-electron chi connectivity index (χ0n) is 30.9. The molecule has 5 amide bonds. The highest BCUT2D eigenvalue weighted by atomic mass is 16.2. The first-order valence-corrected chi connectivity index (χ1v) is 19.5. The summed E-state index contributed by atoms with van der Waals surface area (Å²) in [6.45, 7) is 8.55.